The fourth-order valence-electron chi connectivity index (χ4n) is 3.28. The Morgan fingerprint density at radius 1 is 1.44 bits per heavy atom. The second-order valence-corrected chi connectivity index (χ2v) is 6.58. The number of fused-ring (bicyclic) bond motifs is 1. The lowest BCUT2D eigenvalue weighted by Crippen LogP contribution is -2.37. The van der Waals surface area contributed by atoms with Crippen LogP contribution in [0.25, 0.3) is 0 Å². The van der Waals surface area contributed by atoms with E-state index >= 15 is 0 Å². The highest BCUT2D eigenvalue weighted by molar-refractivity contribution is 6.33. The quantitative estimate of drug-likeness (QED) is 0.749. The van der Waals surface area contributed by atoms with E-state index in [4.69, 9.17) is 26.3 Å². The number of hydrogen-bond acceptors (Lipinski definition) is 5. The molecule has 25 heavy (non-hydrogen) atoms. The second kappa shape index (κ2) is 6.87. The average Bonchev–Trinajstić information content (AvgIpc) is 3.03. The van der Waals surface area contributed by atoms with Gasteiger partial charge in [0, 0.05) is 19.1 Å². The minimum atomic E-state index is -2.78. The Morgan fingerprint density at radius 3 is 2.88 bits per heavy atom. The maximum absolute atomic E-state index is 13.8. The summed E-state index contributed by atoms with van der Waals surface area (Å²) in [6.45, 7) is 2.00. The lowest BCUT2D eigenvalue weighted by Gasteiger charge is -2.22. The van der Waals surface area contributed by atoms with Gasteiger partial charge in [-0.15, -0.1) is 0 Å². The van der Waals surface area contributed by atoms with Crippen LogP contribution in [-0.2, 0) is 9.47 Å². The third-order valence-corrected chi connectivity index (χ3v) is 4.99. The van der Waals surface area contributed by atoms with Crippen molar-refractivity contribution in [1.29, 1.82) is 5.26 Å². The topological polar surface area (TPSA) is 57.9 Å². The Kier molecular flexibility index (Phi) is 4.96. The molecule has 0 aromatic heterocycles. The highest BCUT2D eigenvalue weighted by Gasteiger charge is 2.53. The molecule has 5 nitrogen and oxygen atoms in total. The van der Waals surface area contributed by atoms with Gasteiger partial charge in [-0.3, -0.25) is 5.01 Å². The molecule has 0 bridgehead atoms. The number of ether oxygens (including phenoxy) is 2. The van der Waals surface area contributed by atoms with Crippen molar-refractivity contribution in [3.05, 3.63) is 33.8 Å². The van der Waals surface area contributed by atoms with E-state index < -0.39 is 24.6 Å². The number of nitriles is 1. The summed E-state index contributed by atoms with van der Waals surface area (Å²) in [7, 11) is 1.55. The molecule has 0 unspecified atom stereocenters. The van der Waals surface area contributed by atoms with Crippen LogP contribution in [-0.4, -0.2) is 55.7 Å². The van der Waals surface area contributed by atoms with Crippen molar-refractivity contribution in [3.8, 4) is 6.07 Å². The summed E-state index contributed by atoms with van der Waals surface area (Å²) in [6.07, 6.45) is -0.896. The van der Waals surface area contributed by atoms with Crippen LogP contribution >= 0.6 is 11.6 Å². The molecule has 8 heteroatoms. The minimum absolute atomic E-state index is 0.277. The molecule has 2 heterocycles. The van der Waals surface area contributed by atoms with Gasteiger partial charge in [-0.25, -0.2) is 8.78 Å². The van der Waals surface area contributed by atoms with Crippen LogP contribution in [0.4, 0.5) is 8.78 Å². The molecule has 1 saturated heterocycles. The molecule has 0 spiro atoms. The van der Waals surface area contributed by atoms with Crippen molar-refractivity contribution in [3.63, 3.8) is 0 Å². The van der Waals surface area contributed by atoms with Crippen LogP contribution < -0.4 is 0 Å². The number of hydrogen-bond donors (Lipinski definition) is 0. The van der Waals surface area contributed by atoms with Gasteiger partial charge in [0.15, 0.2) is 0 Å². The van der Waals surface area contributed by atoms with E-state index in [0.29, 0.717) is 34.0 Å². The molecular formula is C17H18ClF2N3O2. The molecule has 3 rings (SSSR count). The Bertz CT molecular complexity index is 748. The van der Waals surface area contributed by atoms with E-state index in [0.717, 1.165) is 0 Å². The molecule has 0 aliphatic carbocycles. The summed E-state index contributed by atoms with van der Waals surface area (Å²) in [6, 6.07) is 4.86. The van der Waals surface area contributed by atoms with E-state index in [2.05, 4.69) is 5.10 Å². The molecular weight excluding hydrogens is 352 g/mol. The largest absolute Gasteiger partial charge is 0.382 e. The van der Waals surface area contributed by atoms with Gasteiger partial charge in [0.05, 0.1) is 35.6 Å². The molecule has 1 aromatic carbocycles. The highest BCUT2D eigenvalue weighted by Crippen LogP contribution is 2.40. The van der Waals surface area contributed by atoms with E-state index in [1.807, 2.05) is 6.07 Å². The van der Waals surface area contributed by atoms with Crippen molar-refractivity contribution in [2.45, 2.75) is 31.4 Å². The third kappa shape index (κ3) is 3.34. The first-order valence-electron chi connectivity index (χ1n) is 7.91. The van der Waals surface area contributed by atoms with Gasteiger partial charge < -0.3 is 9.47 Å². The van der Waals surface area contributed by atoms with Crippen LogP contribution in [0.5, 0.6) is 0 Å². The first kappa shape index (κ1) is 18.1. The van der Waals surface area contributed by atoms with Gasteiger partial charge in [-0.05, 0) is 18.6 Å². The van der Waals surface area contributed by atoms with Crippen molar-refractivity contribution >= 4 is 17.3 Å². The lowest BCUT2D eigenvalue weighted by molar-refractivity contribution is 0.00509. The highest BCUT2D eigenvalue weighted by atomic mass is 35.5. The van der Waals surface area contributed by atoms with Crippen molar-refractivity contribution < 1.29 is 18.3 Å². The zero-order chi connectivity index (χ0) is 18.2. The van der Waals surface area contributed by atoms with E-state index in [-0.39, 0.29) is 13.0 Å². The van der Waals surface area contributed by atoms with Gasteiger partial charge in [-0.1, -0.05) is 17.7 Å². The molecule has 134 valence electrons. The summed E-state index contributed by atoms with van der Waals surface area (Å²) in [4.78, 5) is 0. The molecule has 2 atom stereocenters. The molecule has 0 saturated carbocycles. The molecule has 2 aliphatic rings. The maximum Gasteiger partial charge on any atom is 0.269 e. The monoisotopic (exact) mass is 369 g/mol. The minimum Gasteiger partial charge on any atom is -0.382 e. The first-order valence-corrected chi connectivity index (χ1v) is 8.29. The third-order valence-electron chi connectivity index (χ3n) is 4.51. The Labute approximate surface area is 149 Å². The predicted molar refractivity (Wildman–Crippen MR) is 89.1 cm³/mol. The molecule has 0 N–H and O–H groups in total. The van der Waals surface area contributed by atoms with Crippen LogP contribution in [0.2, 0.25) is 5.02 Å². The number of rotatable bonds is 5. The van der Waals surface area contributed by atoms with Crippen LogP contribution in [0.3, 0.4) is 0 Å². The Balaban J connectivity index is 1.96. The summed E-state index contributed by atoms with van der Waals surface area (Å²) >= 11 is 6.25. The van der Waals surface area contributed by atoms with Gasteiger partial charge in [0.1, 0.15) is 18.7 Å². The molecule has 1 fully saturated rings. The number of halogens is 3. The molecule has 0 radical (unpaired) electrons. The average molecular weight is 370 g/mol. The lowest BCUT2D eigenvalue weighted by atomic mass is 9.94. The zero-order valence-corrected chi connectivity index (χ0v) is 14.7. The fourth-order valence-corrected chi connectivity index (χ4v) is 3.49. The Hall–Kier alpha value is -1.75. The predicted octanol–water partition coefficient (Wildman–Crippen LogP) is 2.98. The normalized spacial score (nSPS) is 24.2. The van der Waals surface area contributed by atoms with Gasteiger partial charge >= 0.3 is 0 Å². The standard InChI is InChI=1S/C17H18ClF2N3O2/c1-10-12(4-3-11(8-21)14(10)18)15-16(25-6-5-24-2)13-7-17(19,20)9-23(13)22-15/h3-4,13,16H,5-7,9H2,1-2H3/t13-,16-/m0/s1. The van der Waals surface area contributed by atoms with E-state index in [1.54, 1.807) is 26.2 Å². The summed E-state index contributed by atoms with van der Waals surface area (Å²) in [5.41, 5.74) is 2.34. The molecule has 2 aliphatic heterocycles. The maximum atomic E-state index is 13.8. The summed E-state index contributed by atoms with van der Waals surface area (Å²) < 4.78 is 38.3. The van der Waals surface area contributed by atoms with Crippen LogP contribution in [0.1, 0.15) is 23.1 Å². The molecule has 1 aromatic rings. The van der Waals surface area contributed by atoms with Gasteiger partial charge in [0.2, 0.25) is 0 Å². The first-order chi connectivity index (χ1) is 11.9. The SMILES string of the molecule is COCCO[C@@H]1C(c2ccc(C#N)c(Cl)c2C)=NN2CC(F)(F)C[C@@H]12. The van der Waals surface area contributed by atoms with E-state index in [9.17, 15) is 8.78 Å². The second-order valence-electron chi connectivity index (χ2n) is 6.21. The van der Waals surface area contributed by atoms with Gasteiger partial charge in [-0.2, -0.15) is 10.4 Å². The number of nitrogens with zero attached hydrogens (tertiary/aromatic N) is 3. The van der Waals surface area contributed by atoms with Crippen molar-refractivity contribution in [2.75, 3.05) is 26.9 Å². The molecule has 0 amide bonds. The van der Waals surface area contributed by atoms with Crippen LogP contribution in [0.15, 0.2) is 17.2 Å². The number of methoxy groups -OCH3 is 1. The van der Waals surface area contributed by atoms with Gasteiger partial charge in [0.25, 0.3) is 5.92 Å². The number of benzene rings is 1. The Morgan fingerprint density at radius 2 is 2.20 bits per heavy atom. The summed E-state index contributed by atoms with van der Waals surface area (Å²) in [5.74, 6) is -2.78. The summed E-state index contributed by atoms with van der Waals surface area (Å²) in [5, 5.41) is 15.2. The van der Waals surface area contributed by atoms with Crippen molar-refractivity contribution in [2.24, 2.45) is 5.10 Å². The number of alkyl halides is 2. The van der Waals surface area contributed by atoms with Crippen molar-refractivity contribution in [1.82, 2.24) is 5.01 Å². The fraction of sp³-hybridized carbons (Fsp3) is 0.529. The smallest absolute Gasteiger partial charge is 0.269 e. The number of hydrazone groups is 1. The zero-order valence-electron chi connectivity index (χ0n) is 13.9. The van der Waals surface area contributed by atoms with E-state index in [1.165, 1.54) is 5.01 Å². The van der Waals surface area contributed by atoms with Crippen LogP contribution in [0, 0.1) is 18.3 Å².